The van der Waals surface area contributed by atoms with E-state index in [0.29, 0.717) is 34.1 Å². The Bertz CT molecular complexity index is 640. The van der Waals surface area contributed by atoms with E-state index in [9.17, 15) is 10.1 Å². The van der Waals surface area contributed by atoms with Crippen LogP contribution in [0.4, 0.5) is 5.69 Å². The highest BCUT2D eigenvalue weighted by molar-refractivity contribution is 9.10. The fraction of sp³-hybridized carbons (Fsp3) is 0.357. The second kappa shape index (κ2) is 6.82. The molecule has 112 valence electrons. The van der Waals surface area contributed by atoms with Crippen LogP contribution in [-0.2, 0) is 6.54 Å². The van der Waals surface area contributed by atoms with Crippen LogP contribution in [0.3, 0.4) is 0 Å². The maximum Gasteiger partial charge on any atom is 0.271 e. The topological polar surface area (TPSA) is 81.2 Å². The fourth-order valence-corrected chi connectivity index (χ4v) is 2.30. The van der Waals surface area contributed by atoms with Gasteiger partial charge < -0.3 is 9.73 Å². The minimum absolute atomic E-state index is 0.00950. The number of nitro benzene ring substituents is 1. The van der Waals surface area contributed by atoms with E-state index in [1.54, 1.807) is 12.3 Å². The molecule has 6 nitrogen and oxygen atoms in total. The van der Waals surface area contributed by atoms with Gasteiger partial charge in [0.2, 0.25) is 5.89 Å². The molecule has 21 heavy (non-hydrogen) atoms. The lowest BCUT2D eigenvalue weighted by molar-refractivity contribution is -0.384. The first-order valence-electron chi connectivity index (χ1n) is 6.56. The Hall–Kier alpha value is -1.73. The Kier molecular flexibility index (Phi) is 5.08. The van der Waals surface area contributed by atoms with Crippen molar-refractivity contribution in [3.63, 3.8) is 0 Å². The molecule has 0 unspecified atom stereocenters. The first-order valence-corrected chi connectivity index (χ1v) is 7.36. The van der Waals surface area contributed by atoms with Gasteiger partial charge in [-0.05, 0) is 18.5 Å². The Morgan fingerprint density at radius 1 is 1.43 bits per heavy atom. The first kappa shape index (κ1) is 15.7. The Morgan fingerprint density at radius 3 is 2.86 bits per heavy atom. The normalized spacial score (nSPS) is 11.0. The number of oxazole rings is 1. The highest BCUT2D eigenvalue weighted by Crippen LogP contribution is 2.29. The fourth-order valence-electron chi connectivity index (χ4n) is 1.82. The van der Waals surface area contributed by atoms with E-state index in [4.69, 9.17) is 4.42 Å². The van der Waals surface area contributed by atoms with Crippen LogP contribution >= 0.6 is 15.9 Å². The summed E-state index contributed by atoms with van der Waals surface area (Å²) in [7, 11) is 0. The van der Waals surface area contributed by atoms with E-state index in [1.807, 2.05) is 0 Å². The molecule has 0 saturated carbocycles. The van der Waals surface area contributed by atoms with Gasteiger partial charge in [-0.25, -0.2) is 4.98 Å². The average Bonchev–Trinajstić information content (AvgIpc) is 2.86. The van der Waals surface area contributed by atoms with E-state index in [2.05, 4.69) is 40.1 Å². The largest absolute Gasteiger partial charge is 0.439 e. The van der Waals surface area contributed by atoms with Crippen LogP contribution in [0.2, 0.25) is 0 Å². The monoisotopic (exact) mass is 353 g/mol. The molecule has 0 fully saturated rings. The third kappa shape index (κ3) is 4.37. The Morgan fingerprint density at radius 2 is 2.19 bits per heavy atom. The number of rotatable bonds is 6. The number of nitro groups is 1. The second-order valence-corrected chi connectivity index (χ2v) is 6.01. The van der Waals surface area contributed by atoms with Crippen molar-refractivity contribution in [2.75, 3.05) is 6.54 Å². The number of non-ortho nitro benzene ring substituents is 1. The predicted molar refractivity (Wildman–Crippen MR) is 82.8 cm³/mol. The summed E-state index contributed by atoms with van der Waals surface area (Å²) in [5.74, 6) is 1.63. The molecule has 0 bridgehead atoms. The summed E-state index contributed by atoms with van der Waals surface area (Å²) in [6.07, 6.45) is 1.58. The zero-order valence-electron chi connectivity index (χ0n) is 11.8. The molecular weight excluding hydrogens is 338 g/mol. The summed E-state index contributed by atoms with van der Waals surface area (Å²) in [6, 6.07) is 4.68. The standard InChI is InChI=1S/C14H16BrN3O3/c1-9(2)6-16-8-14-17-7-13(21-14)10-3-11(15)5-12(4-10)18(19)20/h3-5,7,9,16H,6,8H2,1-2H3. The van der Waals surface area contributed by atoms with Gasteiger partial charge >= 0.3 is 0 Å². The van der Waals surface area contributed by atoms with Crippen molar-refractivity contribution in [1.29, 1.82) is 0 Å². The van der Waals surface area contributed by atoms with Crippen molar-refractivity contribution in [2.45, 2.75) is 20.4 Å². The lowest BCUT2D eigenvalue weighted by Crippen LogP contribution is -2.18. The van der Waals surface area contributed by atoms with Crippen LogP contribution in [0, 0.1) is 16.0 Å². The summed E-state index contributed by atoms with van der Waals surface area (Å²) < 4.78 is 6.25. The van der Waals surface area contributed by atoms with Crippen LogP contribution in [0.15, 0.2) is 33.3 Å². The highest BCUT2D eigenvalue weighted by atomic mass is 79.9. The van der Waals surface area contributed by atoms with Gasteiger partial charge in [0, 0.05) is 22.2 Å². The maximum absolute atomic E-state index is 10.9. The van der Waals surface area contributed by atoms with Crippen LogP contribution in [-0.4, -0.2) is 16.5 Å². The predicted octanol–water partition coefficient (Wildman–Crippen LogP) is 3.76. The van der Waals surface area contributed by atoms with Crippen molar-refractivity contribution in [1.82, 2.24) is 10.3 Å². The SMILES string of the molecule is CC(C)CNCc1ncc(-c2cc(Br)cc([N+](=O)[O-])c2)o1. The molecule has 0 spiro atoms. The summed E-state index contributed by atoms with van der Waals surface area (Å²) in [5.41, 5.74) is 0.633. The molecule has 0 aliphatic carbocycles. The Balaban J connectivity index is 2.15. The number of aromatic nitrogens is 1. The maximum atomic E-state index is 10.9. The molecule has 0 radical (unpaired) electrons. The van der Waals surface area contributed by atoms with Crippen molar-refractivity contribution in [2.24, 2.45) is 5.92 Å². The lowest BCUT2D eigenvalue weighted by atomic mass is 10.1. The van der Waals surface area contributed by atoms with Crippen LogP contribution in [0.5, 0.6) is 0 Å². The number of benzene rings is 1. The quantitative estimate of drug-likeness (QED) is 0.631. The number of halogens is 1. The van der Waals surface area contributed by atoms with Gasteiger partial charge in [-0.2, -0.15) is 0 Å². The van der Waals surface area contributed by atoms with Gasteiger partial charge in [0.15, 0.2) is 5.76 Å². The molecule has 0 atom stereocenters. The minimum Gasteiger partial charge on any atom is -0.439 e. The molecule has 1 aromatic heterocycles. The number of hydrogen-bond acceptors (Lipinski definition) is 5. The molecule has 7 heteroatoms. The summed E-state index contributed by atoms with van der Waals surface area (Å²) in [4.78, 5) is 14.6. The van der Waals surface area contributed by atoms with Gasteiger partial charge in [-0.3, -0.25) is 10.1 Å². The lowest BCUT2D eigenvalue weighted by Gasteiger charge is -2.04. The van der Waals surface area contributed by atoms with E-state index in [-0.39, 0.29) is 5.69 Å². The number of nitrogens with zero attached hydrogens (tertiary/aromatic N) is 2. The molecule has 0 saturated heterocycles. The molecule has 2 rings (SSSR count). The average molecular weight is 354 g/mol. The van der Waals surface area contributed by atoms with Crippen LogP contribution < -0.4 is 5.32 Å². The minimum atomic E-state index is -0.435. The zero-order chi connectivity index (χ0) is 15.4. The van der Waals surface area contributed by atoms with E-state index in [1.165, 1.54) is 12.1 Å². The molecule has 0 aliphatic rings. The smallest absolute Gasteiger partial charge is 0.271 e. The van der Waals surface area contributed by atoms with E-state index < -0.39 is 4.92 Å². The van der Waals surface area contributed by atoms with Gasteiger partial charge in [0.05, 0.1) is 17.7 Å². The number of nitrogens with one attached hydrogen (secondary N) is 1. The van der Waals surface area contributed by atoms with E-state index >= 15 is 0 Å². The third-order valence-electron chi connectivity index (χ3n) is 2.76. The Labute approximate surface area is 130 Å². The summed E-state index contributed by atoms with van der Waals surface area (Å²) >= 11 is 3.26. The van der Waals surface area contributed by atoms with Crippen LogP contribution in [0.25, 0.3) is 11.3 Å². The van der Waals surface area contributed by atoms with Crippen molar-refractivity contribution >= 4 is 21.6 Å². The van der Waals surface area contributed by atoms with Crippen LogP contribution in [0.1, 0.15) is 19.7 Å². The first-order chi connectivity index (χ1) is 9.95. The van der Waals surface area contributed by atoms with Crippen molar-refractivity contribution in [3.8, 4) is 11.3 Å². The van der Waals surface area contributed by atoms with Crippen molar-refractivity contribution in [3.05, 3.63) is 44.9 Å². The third-order valence-corrected chi connectivity index (χ3v) is 3.22. The van der Waals surface area contributed by atoms with Gasteiger partial charge in [0.25, 0.3) is 5.69 Å². The zero-order valence-corrected chi connectivity index (χ0v) is 13.4. The number of hydrogen-bond donors (Lipinski definition) is 1. The van der Waals surface area contributed by atoms with E-state index in [0.717, 1.165) is 6.54 Å². The molecule has 1 N–H and O–H groups in total. The highest BCUT2D eigenvalue weighted by Gasteiger charge is 2.13. The molecule has 0 amide bonds. The molecule has 0 aliphatic heterocycles. The molecule has 2 aromatic rings. The van der Waals surface area contributed by atoms with Gasteiger partial charge in [0.1, 0.15) is 0 Å². The second-order valence-electron chi connectivity index (χ2n) is 5.10. The van der Waals surface area contributed by atoms with Gasteiger partial charge in [-0.1, -0.05) is 29.8 Å². The summed E-state index contributed by atoms with van der Waals surface area (Å²) in [6.45, 7) is 5.65. The molecule has 1 aromatic carbocycles. The van der Waals surface area contributed by atoms with Gasteiger partial charge in [-0.15, -0.1) is 0 Å². The summed E-state index contributed by atoms with van der Waals surface area (Å²) in [5, 5.41) is 14.1. The van der Waals surface area contributed by atoms with Crippen molar-refractivity contribution < 1.29 is 9.34 Å². The molecule has 1 heterocycles. The molecular formula is C14H16BrN3O3.